The molecule has 0 aromatic carbocycles. The van der Waals surface area contributed by atoms with Gasteiger partial charge in [-0.25, -0.2) is 10.8 Å². The highest BCUT2D eigenvalue weighted by Gasteiger charge is 2.27. The zero-order valence-corrected chi connectivity index (χ0v) is 10.8. The predicted octanol–water partition coefficient (Wildman–Crippen LogP) is -0.251. The fourth-order valence-corrected chi connectivity index (χ4v) is 1.51. The van der Waals surface area contributed by atoms with E-state index in [9.17, 15) is 14.9 Å². The molecule has 0 spiro atoms. The first kappa shape index (κ1) is 13.9. The first-order valence-electron chi connectivity index (χ1n) is 6.06. The summed E-state index contributed by atoms with van der Waals surface area (Å²) in [6.07, 6.45) is 2.96. The molecule has 1 aromatic rings. The number of nitrogen functional groups attached to an aromatic ring is 1. The fourth-order valence-electron chi connectivity index (χ4n) is 1.51. The average Bonchev–Trinajstić information content (AvgIpc) is 3.22. The number of hydrogen-bond acceptors (Lipinski definition) is 8. The summed E-state index contributed by atoms with van der Waals surface area (Å²) in [4.78, 5) is 29.6. The molecular formula is C10H15N7O3. The van der Waals surface area contributed by atoms with Crippen molar-refractivity contribution in [3.8, 4) is 0 Å². The lowest BCUT2D eigenvalue weighted by molar-refractivity contribution is -0.384. The molecule has 10 nitrogen and oxygen atoms in total. The van der Waals surface area contributed by atoms with E-state index in [0.717, 1.165) is 19.0 Å². The molecule has 0 saturated heterocycles. The van der Waals surface area contributed by atoms with Gasteiger partial charge in [0.1, 0.15) is 12.2 Å². The third-order valence-electron chi connectivity index (χ3n) is 2.77. The SMILES string of the molecule is CC(Nc1nc(NN)ncc1[N+](=O)[O-])C(=O)NC1CC1. The number of rotatable bonds is 6. The lowest BCUT2D eigenvalue weighted by Gasteiger charge is -2.14. The van der Waals surface area contributed by atoms with Crippen molar-refractivity contribution < 1.29 is 9.72 Å². The highest BCUT2D eigenvalue weighted by atomic mass is 16.6. The Morgan fingerprint density at radius 3 is 2.85 bits per heavy atom. The van der Waals surface area contributed by atoms with E-state index < -0.39 is 11.0 Å². The van der Waals surface area contributed by atoms with Crippen LogP contribution in [0.2, 0.25) is 0 Å². The van der Waals surface area contributed by atoms with Gasteiger partial charge in [0, 0.05) is 6.04 Å². The number of nitro groups is 1. The molecule has 108 valence electrons. The van der Waals surface area contributed by atoms with E-state index in [1.807, 2.05) is 0 Å². The van der Waals surface area contributed by atoms with E-state index in [-0.39, 0.29) is 29.4 Å². The van der Waals surface area contributed by atoms with Crippen molar-refractivity contribution in [1.82, 2.24) is 15.3 Å². The number of nitrogens with one attached hydrogen (secondary N) is 3. The summed E-state index contributed by atoms with van der Waals surface area (Å²) in [7, 11) is 0. The zero-order valence-electron chi connectivity index (χ0n) is 10.8. The highest BCUT2D eigenvalue weighted by molar-refractivity contribution is 5.85. The lowest BCUT2D eigenvalue weighted by Crippen LogP contribution is -2.39. The van der Waals surface area contributed by atoms with Gasteiger partial charge in [0.2, 0.25) is 17.7 Å². The minimum Gasteiger partial charge on any atom is -0.353 e. The number of amides is 1. The Bertz CT molecular complexity index is 532. The first-order valence-corrected chi connectivity index (χ1v) is 6.06. The third kappa shape index (κ3) is 3.29. The number of hydrogen-bond donors (Lipinski definition) is 4. The van der Waals surface area contributed by atoms with Gasteiger partial charge >= 0.3 is 5.69 Å². The molecule has 1 saturated carbocycles. The molecule has 1 amide bonds. The molecule has 1 fully saturated rings. The molecule has 0 radical (unpaired) electrons. The third-order valence-corrected chi connectivity index (χ3v) is 2.77. The van der Waals surface area contributed by atoms with E-state index in [1.54, 1.807) is 6.92 Å². The van der Waals surface area contributed by atoms with Crippen LogP contribution in [-0.2, 0) is 4.79 Å². The number of nitrogens with zero attached hydrogens (tertiary/aromatic N) is 3. The monoisotopic (exact) mass is 281 g/mol. The standard InChI is InChI=1S/C10H15N7O3/c1-5(9(18)14-6-2-3-6)13-8-7(17(19)20)4-12-10(15-8)16-11/h4-6H,2-3,11H2,1H3,(H,14,18)(H2,12,13,15,16). The molecule has 1 aliphatic carbocycles. The molecule has 2 rings (SSSR count). The van der Waals surface area contributed by atoms with Crippen LogP contribution in [0.15, 0.2) is 6.20 Å². The molecule has 1 atom stereocenters. The average molecular weight is 281 g/mol. The van der Waals surface area contributed by atoms with Crippen LogP contribution in [0.4, 0.5) is 17.5 Å². The topological polar surface area (TPSA) is 148 Å². The molecule has 1 unspecified atom stereocenters. The molecule has 20 heavy (non-hydrogen) atoms. The quantitative estimate of drug-likeness (QED) is 0.317. The molecule has 1 heterocycles. The van der Waals surface area contributed by atoms with E-state index in [0.29, 0.717) is 0 Å². The lowest BCUT2D eigenvalue weighted by atomic mass is 10.3. The minimum absolute atomic E-state index is 0.0212. The fraction of sp³-hybridized carbons (Fsp3) is 0.500. The Morgan fingerprint density at radius 2 is 2.30 bits per heavy atom. The van der Waals surface area contributed by atoms with Crippen molar-refractivity contribution in [2.75, 3.05) is 10.7 Å². The Labute approximate surface area is 114 Å². The summed E-state index contributed by atoms with van der Waals surface area (Å²) in [5.41, 5.74) is 1.87. The minimum atomic E-state index is -0.658. The molecule has 1 aliphatic rings. The number of nitrogens with two attached hydrogens (primary N) is 1. The second kappa shape index (κ2) is 5.65. The molecular weight excluding hydrogens is 266 g/mol. The largest absolute Gasteiger partial charge is 0.353 e. The number of anilines is 2. The maximum absolute atomic E-state index is 11.8. The van der Waals surface area contributed by atoms with E-state index in [4.69, 9.17) is 5.84 Å². The number of aromatic nitrogens is 2. The second-order valence-electron chi connectivity index (χ2n) is 4.48. The van der Waals surface area contributed by atoms with Crippen LogP contribution in [0.5, 0.6) is 0 Å². The molecule has 0 bridgehead atoms. The van der Waals surface area contributed by atoms with E-state index >= 15 is 0 Å². The van der Waals surface area contributed by atoms with Crippen LogP contribution >= 0.6 is 0 Å². The summed E-state index contributed by atoms with van der Waals surface area (Å²) in [5, 5.41) is 16.4. The Kier molecular flexibility index (Phi) is 3.94. The van der Waals surface area contributed by atoms with Gasteiger partial charge in [0.05, 0.1) is 4.92 Å². The molecule has 10 heteroatoms. The summed E-state index contributed by atoms with van der Waals surface area (Å²) in [6, 6.07) is -0.441. The van der Waals surface area contributed by atoms with Crippen molar-refractivity contribution >= 4 is 23.4 Å². The summed E-state index contributed by atoms with van der Waals surface area (Å²) in [6.45, 7) is 1.60. The Hall–Kier alpha value is -2.49. The van der Waals surface area contributed by atoms with Gasteiger partial charge in [0.15, 0.2) is 0 Å². The molecule has 5 N–H and O–H groups in total. The normalized spacial score (nSPS) is 15.3. The summed E-state index contributed by atoms with van der Waals surface area (Å²) in [5.74, 6) is 4.89. The highest BCUT2D eigenvalue weighted by Crippen LogP contribution is 2.23. The van der Waals surface area contributed by atoms with E-state index in [1.165, 1.54) is 0 Å². The van der Waals surface area contributed by atoms with Gasteiger partial charge in [-0.3, -0.25) is 20.3 Å². The van der Waals surface area contributed by atoms with Crippen molar-refractivity contribution in [3.05, 3.63) is 16.3 Å². The second-order valence-corrected chi connectivity index (χ2v) is 4.48. The number of carbonyl (C=O) groups is 1. The van der Waals surface area contributed by atoms with Crippen LogP contribution in [0.25, 0.3) is 0 Å². The number of hydrazine groups is 1. The van der Waals surface area contributed by atoms with Gasteiger partial charge in [-0.1, -0.05) is 0 Å². The van der Waals surface area contributed by atoms with Crippen LogP contribution in [0.3, 0.4) is 0 Å². The van der Waals surface area contributed by atoms with Crippen LogP contribution in [0.1, 0.15) is 19.8 Å². The van der Waals surface area contributed by atoms with Crippen LogP contribution in [0, 0.1) is 10.1 Å². The maximum atomic E-state index is 11.8. The van der Waals surface area contributed by atoms with E-state index in [2.05, 4.69) is 26.0 Å². The van der Waals surface area contributed by atoms with Gasteiger partial charge in [-0.2, -0.15) is 4.98 Å². The first-order chi connectivity index (χ1) is 9.51. The maximum Gasteiger partial charge on any atom is 0.329 e. The summed E-state index contributed by atoms with van der Waals surface area (Å²) < 4.78 is 0. The van der Waals surface area contributed by atoms with Crippen molar-refractivity contribution in [3.63, 3.8) is 0 Å². The summed E-state index contributed by atoms with van der Waals surface area (Å²) >= 11 is 0. The Morgan fingerprint density at radius 1 is 1.60 bits per heavy atom. The van der Waals surface area contributed by atoms with Crippen molar-refractivity contribution in [1.29, 1.82) is 0 Å². The molecule has 0 aliphatic heterocycles. The van der Waals surface area contributed by atoms with Crippen molar-refractivity contribution in [2.24, 2.45) is 5.84 Å². The zero-order chi connectivity index (χ0) is 14.7. The van der Waals surface area contributed by atoms with Crippen LogP contribution < -0.4 is 21.9 Å². The smallest absolute Gasteiger partial charge is 0.329 e. The molecule has 1 aromatic heterocycles. The van der Waals surface area contributed by atoms with Crippen LogP contribution in [-0.4, -0.2) is 32.9 Å². The predicted molar refractivity (Wildman–Crippen MR) is 70.7 cm³/mol. The number of carbonyl (C=O) groups excluding carboxylic acids is 1. The Balaban J connectivity index is 2.12. The van der Waals surface area contributed by atoms with Crippen molar-refractivity contribution in [2.45, 2.75) is 31.8 Å². The van der Waals surface area contributed by atoms with Gasteiger partial charge in [-0.15, -0.1) is 0 Å². The van der Waals surface area contributed by atoms with Gasteiger partial charge in [0.25, 0.3) is 0 Å². The van der Waals surface area contributed by atoms with Gasteiger partial charge in [-0.05, 0) is 19.8 Å². The van der Waals surface area contributed by atoms with Gasteiger partial charge < -0.3 is 10.6 Å².